The summed E-state index contributed by atoms with van der Waals surface area (Å²) < 4.78 is 13.9. The van der Waals surface area contributed by atoms with Crippen molar-refractivity contribution in [2.45, 2.75) is 38.8 Å². The third-order valence-corrected chi connectivity index (χ3v) is 4.61. The Balaban J connectivity index is 1.95. The number of hydrogen-bond donors (Lipinski definition) is 2. The first kappa shape index (κ1) is 17.0. The van der Waals surface area contributed by atoms with E-state index in [1.54, 1.807) is 24.8 Å². The molecule has 1 heterocycles. The van der Waals surface area contributed by atoms with Crippen molar-refractivity contribution in [3.05, 3.63) is 34.6 Å². The van der Waals surface area contributed by atoms with Gasteiger partial charge in [0.25, 0.3) is 0 Å². The molecule has 0 aromatic heterocycles. The molecule has 2 rings (SSSR count). The zero-order valence-electron chi connectivity index (χ0n) is 12.9. The number of urea groups is 1. The maximum Gasteiger partial charge on any atom is 0.317 e. The number of hydrogen-bond acceptors (Lipinski definition) is 2. The van der Waals surface area contributed by atoms with Crippen LogP contribution in [0.5, 0.6) is 0 Å². The van der Waals surface area contributed by atoms with E-state index in [4.69, 9.17) is 11.6 Å². The Hall–Kier alpha value is -1.33. The molecule has 0 saturated carbocycles. The number of piperidine rings is 1. The van der Waals surface area contributed by atoms with Crippen molar-refractivity contribution in [3.63, 3.8) is 0 Å². The van der Waals surface area contributed by atoms with E-state index >= 15 is 0 Å². The van der Waals surface area contributed by atoms with Crippen molar-refractivity contribution in [1.82, 2.24) is 10.2 Å². The molecule has 6 heteroatoms. The van der Waals surface area contributed by atoms with Gasteiger partial charge in [-0.15, -0.1) is 0 Å². The SMILES string of the molecule is CC(NC(=O)N1CCC(C(C)O)CC1)c1c(F)cccc1Cl. The highest BCUT2D eigenvalue weighted by atomic mass is 35.5. The molecule has 2 atom stereocenters. The molecule has 0 aliphatic carbocycles. The van der Waals surface area contributed by atoms with E-state index in [1.807, 2.05) is 0 Å². The lowest BCUT2D eigenvalue weighted by molar-refractivity contribution is 0.0794. The zero-order valence-corrected chi connectivity index (χ0v) is 13.6. The van der Waals surface area contributed by atoms with E-state index in [2.05, 4.69) is 5.32 Å². The summed E-state index contributed by atoms with van der Waals surface area (Å²) in [6.07, 6.45) is 1.21. The van der Waals surface area contributed by atoms with Gasteiger partial charge in [-0.05, 0) is 44.7 Å². The maximum absolute atomic E-state index is 13.9. The molecule has 0 spiro atoms. The molecule has 2 N–H and O–H groups in total. The first-order valence-electron chi connectivity index (χ1n) is 7.57. The Morgan fingerprint density at radius 3 is 2.59 bits per heavy atom. The summed E-state index contributed by atoms with van der Waals surface area (Å²) in [7, 11) is 0. The monoisotopic (exact) mass is 328 g/mol. The van der Waals surface area contributed by atoms with Crippen LogP contribution in [0.1, 0.15) is 38.3 Å². The fraction of sp³-hybridized carbons (Fsp3) is 0.562. The summed E-state index contributed by atoms with van der Waals surface area (Å²) in [6.45, 7) is 4.69. The lowest BCUT2D eigenvalue weighted by Gasteiger charge is -2.34. The van der Waals surface area contributed by atoms with E-state index in [1.165, 1.54) is 12.1 Å². The van der Waals surface area contributed by atoms with Gasteiger partial charge in [-0.25, -0.2) is 9.18 Å². The molecule has 1 aromatic carbocycles. The van der Waals surface area contributed by atoms with E-state index in [0.29, 0.717) is 23.7 Å². The number of likely N-dealkylation sites (tertiary alicyclic amines) is 1. The molecule has 122 valence electrons. The molecule has 0 bridgehead atoms. The van der Waals surface area contributed by atoms with Crippen LogP contribution >= 0.6 is 11.6 Å². The largest absolute Gasteiger partial charge is 0.393 e. The van der Waals surface area contributed by atoms with Crippen molar-refractivity contribution in [2.24, 2.45) is 5.92 Å². The van der Waals surface area contributed by atoms with Crippen molar-refractivity contribution >= 4 is 17.6 Å². The number of nitrogens with zero attached hydrogens (tertiary/aromatic N) is 1. The van der Waals surface area contributed by atoms with E-state index in [9.17, 15) is 14.3 Å². The average Bonchev–Trinajstić information content (AvgIpc) is 2.47. The second-order valence-electron chi connectivity index (χ2n) is 5.87. The third kappa shape index (κ3) is 3.90. The van der Waals surface area contributed by atoms with Gasteiger partial charge in [0.15, 0.2) is 0 Å². The number of amides is 2. The number of benzene rings is 1. The lowest BCUT2D eigenvalue weighted by atomic mass is 9.92. The van der Waals surface area contributed by atoms with Gasteiger partial charge in [0.2, 0.25) is 0 Å². The summed E-state index contributed by atoms with van der Waals surface area (Å²) >= 11 is 6.01. The van der Waals surface area contributed by atoms with Crippen molar-refractivity contribution in [2.75, 3.05) is 13.1 Å². The van der Waals surface area contributed by atoms with Crippen LogP contribution in [0.4, 0.5) is 9.18 Å². The summed E-state index contributed by atoms with van der Waals surface area (Å²) in [5.74, 6) is -0.185. The second kappa shape index (κ2) is 7.29. The van der Waals surface area contributed by atoms with E-state index in [-0.39, 0.29) is 18.1 Å². The first-order valence-corrected chi connectivity index (χ1v) is 7.95. The van der Waals surface area contributed by atoms with Gasteiger partial charge in [0.05, 0.1) is 12.1 Å². The number of carbonyl (C=O) groups excluding carboxylic acids is 1. The van der Waals surface area contributed by atoms with Crippen LogP contribution in [-0.4, -0.2) is 35.2 Å². The van der Waals surface area contributed by atoms with Gasteiger partial charge >= 0.3 is 6.03 Å². The van der Waals surface area contributed by atoms with Gasteiger partial charge < -0.3 is 15.3 Å². The summed E-state index contributed by atoms with van der Waals surface area (Å²) in [5, 5.41) is 12.7. The van der Waals surface area contributed by atoms with E-state index < -0.39 is 11.9 Å². The minimum atomic E-state index is -0.504. The predicted octanol–water partition coefficient (Wildman–Crippen LogP) is 3.34. The molecule has 4 nitrogen and oxygen atoms in total. The highest BCUT2D eigenvalue weighted by molar-refractivity contribution is 6.31. The molecule has 1 fully saturated rings. The smallest absolute Gasteiger partial charge is 0.317 e. The summed E-state index contributed by atoms with van der Waals surface area (Å²) in [6, 6.07) is 3.75. The number of aliphatic hydroxyl groups excluding tert-OH is 1. The maximum atomic E-state index is 13.9. The normalized spacial score (nSPS) is 18.9. The molecule has 22 heavy (non-hydrogen) atoms. The summed E-state index contributed by atoms with van der Waals surface area (Å²) in [4.78, 5) is 14.0. The molecular weight excluding hydrogens is 307 g/mol. The minimum Gasteiger partial charge on any atom is -0.393 e. The quantitative estimate of drug-likeness (QED) is 0.894. The van der Waals surface area contributed by atoms with Gasteiger partial charge in [-0.3, -0.25) is 0 Å². The fourth-order valence-electron chi connectivity index (χ4n) is 2.86. The molecule has 0 radical (unpaired) electrons. The van der Waals surface area contributed by atoms with Crippen LogP contribution in [-0.2, 0) is 0 Å². The molecule has 2 unspecified atom stereocenters. The Bertz CT molecular complexity index is 511. The number of aliphatic hydroxyl groups is 1. The van der Waals surface area contributed by atoms with Crippen LogP contribution < -0.4 is 5.32 Å². The molecule has 1 aromatic rings. The number of carbonyl (C=O) groups is 1. The standard InChI is InChI=1S/C16H22ClFN2O2/c1-10(15-13(17)4-3-5-14(15)18)19-16(22)20-8-6-12(7-9-20)11(2)21/h3-5,10-12,21H,6-9H2,1-2H3,(H,19,22). The fourth-order valence-corrected chi connectivity index (χ4v) is 3.18. The highest BCUT2D eigenvalue weighted by Gasteiger charge is 2.26. The summed E-state index contributed by atoms with van der Waals surface area (Å²) in [5.41, 5.74) is 0.302. The molecule has 2 amide bonds. The van der Waals surface area contributed by atoms with Crippen molar-refractivity contribution in [3.8, 4) is 0 Å². The number of halogens is 2. The second-order valence-corrected chi connectivity index (χ2v) is 6.28. The van der Waals surface area contributed by atoms with E-state index in [0.717, 1.165) is 12.8 Å². The van der Waals surface area contributed by atoms with Crippen molar-refractivity contribution < 1.29 is 14.3 Å². The lowest BCUT2D eigenvalue weighted by Crippen LogP contribution is -2.46. The van der Waals surface area contributed by atoms with Gasteiger partial charge in [0, 0.05) is 23.7 Å². The zero-order chi connectivity index (χ0) is 16.3. The molecular formula is C16H22ClFN2O2. The Morgan fingerprint density at radius 1 is 1.41 bits per heavy atom. The van der Waals surface area contributed by atoms with Gasteiger partial charge in [-0.2, -0.15) is 0 Å². The van der Waals surface area contributed by atoms with Gasteiger partial charge in [0.1, 0.15) is 5.82 Å². The topological polar surface area (TPSA) is 52.6 Å². The van der Waals surface area contributed by atoms with Crippen LogP contribution in [0.25, 0.3) is 0 Å². The Morgan fingerprint density at radius 2 is 2.05 bits per heavy atom. The first-order chi connectivity index (χ1) is 10.4. The Kier molecular flexibility index (Phi) is 5.64. The van der Waals surface area contributed by atoms with Crippen molar-refractivity contribution in [1.29, 1.82) is 0 Å². The molecule has 1 aliphatic heterocycles. The van der Waals surface area contributed by atoms with Crippen LogP contribution in [0.15, 0.2) is 18.2 Å². The van der Waals surface area contributed by atoms with Crippen LogP contribution in [0.2, 0.25) is 5.02 Å². The van der Waals surface area contributed by atoms with Gasteiger partial charge in [-0.1, -0.05) is 17.7 Å². The third-order valence-electron chi connectivity index (χ3n) is 4.28. The minimum absolute atomic E-state index is 0.226. The average molecular weight is 329 g/mol. The molecule has 1 saturated heterocycles. The predicted molar refractivity (Wildman–Crippen MR) is 84.3 cm³/mol. The van der Waals surface area contributed by atoms with Crippen LogP contribution in [0, 0.1) is 11.7 Å². The molecule has 1 aliphatic rings. The van der Waals surface area contributed by atoms with Crippen LogP contribution in [0.3, 0.4) is 0 Å². The number of rotatable bonds is 3. The Labute approximate surface area is 135 Å². The highest BCUT2D eigenvalue weighted by Crippen LogP contribution is 2.26. The number of nitrogens with one attached hydrogen (secondary N) is 1.